The molecule has 0 bridgehead atoms. The van der Waals surface area contributed by atoms with E-state index in [0.29, 0.717) is 19.2 Å². The normalized spacial score (nSPS) is 23.7. The summed E-state index contributed by atoms with van der Waals surface area (Å²) >= 11 is 4.27. The lowest BCUT2D eigenvalue weighted by Gasteiger charge is -2.45. The van der Waals surface area contributed by atoms with Crippen LogP contribution >= 0.6 is 12.6 Å². The number of rotatable bonds is 6. The highest BCUT2D eigenvalue weighted by molar-refractivity contribution is 7.90. The summed E-state index contributed by atoms with van der Waals surface area (Å²) in [5, 5.41) is 12.5. The van der Waals surface area contributed by atoms with E-state index in [2.05, 4.69) is 17.9 Å². The Kier molecular flexibility index (Phi) is 8.75. The molecular weight excluding hydrogens is 582 g/mol. The van der Waals surface area contributed by atoms with Gasteiger partial charge in [0.15, 0.2) is 5.60 Å². The molecule has 2 aromatic carbocycles. The van der Waals surface area contributed by atoms with Crippen molar-refractivity contribution in [3.05, 3.63) is 54.1 Å². The Hall–Kier alpha value is -2.04. The average Bonchev–Trinajstić information content (AvgIpc) is 2.88. The van der Waals surface area contributed by atoms with Crippen molar-refractivity contribution < 1.29 is 39.9 Å². The highest BCUT2D eigenvalue weighted by atomic mass is 32.2. The number of alkyl halides is 6. The lowest BCUT2D eigenvalue weighted by atomic mass is 9.95. The number of aliphatic hydroxyl groups is 1. The van der Waals surface area contributed by atoms with Crippen molar-refractivity contribution >= 4 is 28.3 Å². The number of thiol groups is 1. The van der Waals surface area contributed by atoms with Crippen molar-refractivity contribution in [1.82, 2.24) is 14.5 Å². The van der Waals surface area contributed by atoms with Gasteiger partial charge in [-0.2, -0.15) is 30.6 Å². The van der Waals surface area contributed by atoms with Crippen LogP contribution in [0.15, 0.2) is 58.3 Å². The number of hydrogen-bond acceptors (Lipinski definition) is 7. The molecule has 0 spiro atoms. The first kappa shape index (κ1) is 30.9. The Morgan fingerprint density at radius 2 is 1.62 bits per heavy atom. The van der Waals surface area contributed by atoms with Gasteiger partial charge in [-0.15, -0.1) is 12.6 Å². The van der Waals surface area contributed by atoms with E-state index in [4.69, 9.17) is 0 Å². The topological polar surface area (TPSA) is 76.1 Å². The number of hydrogen-bond donors (Lipinski definition) is 3. The molecule has 0 saturated carbocycles. The summed E-state index contributed by atoms with van der Waals surface area (Å²) in [6.45, 7) is 0.919. The van der Waals surface area contributed by atoms with Crippen LogP contribution in [0.3, 0.4) is 0 Å². The number of sulfonamides is 1. The van der Waals surface area contributed by atoms with Crippen molar-refractivity contribution in [2.75, 3.05) is 50.7 Å². The van der Waals surface area contributed by atoms with Gasteiger partial charge >= 0.3 is 12.4 Å². The van der Waals surface area contributed by atoms with E-state index < -0.39 is 40.1 Å². The van der Waals surface area contributed by atoms with Crippen molar-refractivity contribution in [3.63, 3.8) is 0 Å². The number of piperazine rings is 2. The summed E-state index contributed by atoms with van der Waals surface area (Å²) in [7, 11) is -3.99. The molecular formula is C25H30F6N4O3S2. The molecule has 0 aliphatic carbocycles. The molecule has 0 amide bonds. The van der Waals surface area contributed by atoms with Gasteiger partial charge in [0.05, 0.1) is 10.9 Å². The molecule has 2 heterocycles. The van der Waals surface area contributed by atoms with Gasteiger partial charge in [-0.05, 0) is 36.8 Å². The molecule has 2 fully saturated rings. The van der Waals surface area contributed by atoms with Crippen LogP contribution in [0, 0.1) is 0 Å². The quantitative estimate of drug-likeness (QED) is 0.343. The van der Waals surface area contributed by atoms with Crippen LogP contribution in [-0.2, 0) is 15.6 Å². The predicted molar refractivity (Wildman–Crippen MR) is 140 cm³/mol. The smallest absolute Gasteiger partial charge is 0.376 e. The van der Waals surface area contributed by atoms with Crippen molar-refractivity contribution in [3.8, 4) is 0 Å². The van der Waals surface area contributed by atoms with Gasteiger partial charge in [-0.1, -0.05) is 24.3 Å². The second-order valence-electron chi connectivity index (χ2n) is 10.1. The van der Waals surface area contributed by atoms with Gasteiger partial charge in [-0.3, -0.25) is 4.90 Å². The lowest BCUT2D eigenvalue weighted by molar-refractivity contribution is -0.258. The zero-order valence-electron chi connectivity index (χ0n) is 21.5. The highest BCUT2D eigenvalue weighted by Crippen LogP contribution is 2.39. The zero-order chi connectivity index (χ0) is 29.5. The third kappa shape index (κ3) is 6.39. The Labute approximate surface area is 234 Å². The SMILES string of the molecule is C[C@@](O)(c1ccc(N2CCN(S(=O)(=O)c3ccccc3S)C[C@@H]2CN2CCN[C@H](C(F)(F)F)C2)cc1)C(F)(F)F. The molecule has 2 aliphatic heterocycles. The van der Waals surface area contributed by atoms with Crippen LogP contribution in [0.5, 0.6) is 0 Å². The molecule has 2 N–H and O–H groups in total. The van der Waals surface area contributed by atoms with Gasteiger partial charge < -0.3 is 15.3 Å². The summed E-state index contributed by atoms with van der Waals surface area (Å²) in [5.74, 6) is 0. The monoisotopic (exact) mass is 612 g/mol. The van der Waals surface area contributed by atoms with Crippen molar-refractivity contribution in [2.24, 2.45) is 0 Å². The van der Waals surface area contributed by atoms with Gasteiger partial charge in [0, 0.05) is 56.4 Å². The Morgan fingerprint density at radius 3 is 2.23 bits per heavy atom. The summed E-state index contributed by atoms with van der Waals surface area (Å²) in [4.78, 5) is 3.65. The fraction of sp³-hybridized carbons (Fsp3) is 0.520. The standard InChI is InChI=1S/C25H30F6N4O3S2/c1-23(36,25(29,30)31)17-6-8-18(9-7-17)35-13-12-34(40(37,38)21-5-3-2-4-20(21)39)15-19(35)14-33-11-10-32-22(16-33)24(26,27)28/h2-9,19,22,32,36,39H,10-16H2,1H3/t19-,22-,23+/m0/s1. The molecule has 2 saturated heterocycles. The molecule has 0 unspecified atom stereocenters. The summed E-state index contributed by atoms with van der Waals surface area (Å²) < 4.78 is 108. The van der Waals surface area contributed by atoms with Crippen LogP contribution < -0.4 is 10.2 Å². The van der Waals surface area contributed by atoms with Crippen molar-refractivity contribution in [1.29, 1.82) is 0 Å². The van der Waals surface area contributed by atoms with Crippen LogP contribution in [0.25, 0.3) is 0 Å². The molecule has 40 heavy (non-hydrogen) atoms. The third-order valence-corrected chi connectivity index (χ3v) is 9.83. The Bertz CT molecular complexity index is 1290. The minimum absolute atomic E-state index is 0.00331. The van der Waals surface area contributed by atoms with Crippen LogP contribution in [0.1, 0.15) is 12.5 Å². The first-order valence-corrected chi connectivity index (χ1v) is 14.4. The largest absolute Gasteiger partial charge is 0.421 e. The summed E-state index contributed by atoms with van der Waals surface area (Å²) in [5.41, 5.74) is -2.99. The van der Waals surface area contributed by atoms with E-state index >= 15 is 0 Å². The molecule has 2 aromatic rings. The molecule has 3 atom stereocenters. The fourth-order valence-electron chi connectivity index (χ4n) is 4.99. The Balaban J connectivity index is 1.62. The highest BCUT2D eigenvalue weighted by Gasteiger charge is 2.51. The second kappa shape index (κ2) is 11.3. The summed E-state index contributed by atoms with van der Waals surface area (Å²) in [6.07, 6.45) is -9.36. The molecule has 7 nitrogen and oxygen atoms in total. The number of benzene rings is 2. The van der Waals surface area contributed by atoms with Crippen LogP contribution in [0.4, 0.5) is 32.0 Å². The van der Waals surface area contributed by atoms with Gasteiger partial charge in [0.2, 0.25) is 10.0 Å². The first-order chi connectivity index (χ1) is 18.5. The van der Waals surface area contributed by atoms with E-state index in [1.165, 1.54) is 22.5 Å². The van der Waals surface area contributed by atoms with Crippen LogP contribution in [0.2, 0.25) is 0 Å². The molecule has 2 aliphatic rings. The minimum Gasteiger partial charge on any atom is -0.376 e. The van der Waals surface area contributed by atoms with E-state index in [-0.39, 0.29) is 54.6 Å². The molecule has 0 aromatic heterocycles. The average molecular weight is 613 g/mol. The van der Waals surface area contributed by atoms with Gasteiger partial charge in [0.25, 0.3) is 0 Å². The fourth-order valence-corrected chi connectivity index (χ4v) is 7.05. The van der Waals surface area contributed by atoms with Crippen molar-refractivity contribution in [2.45, 2.75) is 46.8 Å². The second-order valence-corrected chi connectivity index (χ2v) is 12.5. The number of nitrogens with zero attached hydrogens (tertiary/aromatic N) is 3. The number of halogens is 6. The summed E-state index contributed by atoms with van der Waals surface area (Å²) in [6, 6.07) is 8.90. The zero-order valence-corrected chi connectivity index (χ0v) is 23.2. The van der Waals surface area contributed by atoms with E-state index in [0.717, 1.165) is 12.1 Å². The first-order valence-electron chi connectivity index (χ1n) is 12.5. The van der Waals surface area contributed by atoms with Gasteiger partial charge in [-0.25, -0.2) is 8.42 Å². The van der Waals surface area contributed by atoms with Crippen LogP contribution in [-0.4, -0.2) is 93.0 Å². The molecule has 222 valence electrons. The maximum absolute atomic E-state index is 13.5. The van der Waals surface area contributed by atoms with E-state index in [1.807, 2.05) is 0 Å². The molecule has 0 radical (unpaired) electrons. The predicted octanol–water partition coefficient (Wildman–Crippen LogP) is 3.46. The molecule has 4 rings (SSSR count). The third-order valence-electron chi connectivity index (χ3n) is 7.37. The number of anilines is 1. The maximum atomic E-state index is 13.5. The number of nitrogens with one attached hydrogen (secondary N) is 1. The van der Waals surface area contributed by atoms with E-state index in [1.54, 1.807) is 28.0 Å². The lowest BCUT2D eigenvalue weighted by Crippen LogP contribution is -2.62. The molecule has 15 heteroatoms. The van der Waals surface area contributed by atoms with Gasteiger partial charge in [0.1, 0.15) is 6.04 Å². The Morgan fingerprint density at radius 1 is 0.975 bits per heavy atom. The van der Waals surface area contributed by atoms with E-state index in [9.17, 15) is 39.9 Å². The minimum atomic E-state index is -4.91. The maximum Gasteiger partial charge on any atom is 0.421 e.